The fourth-order valence-corrected chi connectivity index (χ4v) is 4.13. The Balaban J connectivity index is 1.63. The van der Waals surface area contributed by atoms with Crippen molar-refractivity contribution in [3.63, 3.8) is 0 Å². The highest BCUT2D eigenvalue weighted by atomic mass is 35.5. The number of anilines is 1. The largest absolute Gasteiger partial charge is 0.495 e. The maximum absolute atomic E-state index is 12.3. The summed E-state index contributed by atoms with van der Waals surface area (Å²) in [5, 5.41) is 5.52. The lowest BCUT2D eigenvalue weighted by Crippen LogP contribution is -2.39. The molecule has 2 aromatic rings. The van der Waals surface area contributed by atoms with Gasteiger partial charge < -0.3 is 10.1 Å². The van der Waals surface area contributed by atoms with Crippen molar-refractivity contribution in [3.8, 4) is 5.75 Å². The molecule has 1 atom stereocenters. The zero-order valence-corrected chi connectivity index (χ0v) is 14.7. The summed E-state index contributed by atoms with van der Waals surface area (Å²) in [5.41, 5.74) is 2.03. The molecule has 3 rings (SSSR count). The fraction of sp³-hybridized carbons (Fsp3) is 0.353. The summed E-state index contributed by atoms with van der Waals surface area (Å²) in [6.07, 6.45) is 1.01. The number of nitrogens with one attached hydrogen (secondary N) is 1. The van der Waals surface area contributed by atoms with Gasteiger partial charge in [-0.05, 0) is 48.6 Å². The van der Waals surface area contributed by atoms with Gasteiger partial charge in [0.2, 0.25) is 5.91 Å². The van der Waals surface area contributed by atoms with E-state index in [1.807, 2.05) is 0 Å². The Kier molecular flexibility index (Phi) is 4.90. The van der Waals surface area contributed by atoms with Gasteiger partial charge in [-0.2, -0.15) is 0 Å². The second kappa shape index (κ2) is 6.91. The standard InChI is InChI=1S/C17H19ClN2O2S/c1-11-13-6-8-23-16(13)5-7-20(11)10-17(21)19-12-3-4-15(22-2)14(18)9-12/h3-4,6,8-9,11H,5,7,10H2,1-2H3,(H,19,21)/t11-/m0/s1. The van der Waals surface area contributed by atoms with Crippen LogP contribution in [0.15, 0.2) is 29.6 Å². The smallest absolute Gasteiger partial charge is 0.238 e. The summed E-state index contributed by atoms with van der Waals surface area (Å²) in [5.74, 6) is 0.566. The van der Waals surface area contributed by atoms with Crippen molar-refractivity contribution in [1.82, 2.24) is 4.90 Å². The van der Waals surface area contributed by atoms with Gasteiger partial charge in [0.05, 0.1) is 18.7 Å². The Morgan fingerprint density at radius 2 is 2.30 bits per heavy atom. The summed E-state index contributed by atoms with van der Waals surface area (Å²) in [6, 6.07) is 7.68. The van der Waals surface area contributed by atoms with Crippen molar-refractivity contribution in [2.75, 3.05) is 25.5 Å². The van der Waals surface area contributed by atoms with Crippen LogP contribution in [-0.2, 0) is 11.2 Å². The Morgan fingerprint density at radius 3 is 3.04 bits per heavy atom. The highest BCUT2D eigenvalue weighted by Crippen LogP contribution is 2.32. The summed E-state index contributed by atoms with van der Waals surface area (Å²) in [7, 11) is 1.57. The van der Waals surface area contributed by atoms with E-state index >= 15 is 0 Å². The van der Waals surface area contributed by atoms with Crippen molar-refractivity contribution in [2.45, 2.75) is 19.4 Å². The molecule has 1 aromatic heterocycles. The highest BCUT2D eigenvalue weighted by Gasteiger charge is 2.26. The van der Waals surface area contributed by atoms with Crippen LogP contribution < -0.4 is 10.1 Å². The van der Waals surface area contributed by atoms with Crippen LogP contribution in [-0.4, -0.2) is 31.0 Å². The summed E-state index contributed by atoms with van der Waals surface area (Å²) in [6.45, 7) is 3.44. The summed E-state index contributed by atoms with van der Waals surface area (Å²) < 4.78 is 5.11. The Hall–Kier alpha value is -1.56. The van der Waals surface area contributed by atoms with Gasteiger partial charge in [-0.3, -0.25) is 9.69 Å². The molecule has 1 aromatic carbocycles. The molecular formula is C17H19ClN2O2S. The zero-order chi connectivity index (χ0) is 16.4. The summed E-state index contributed by atoms with van der Waals surface area (Å²) in [4.78, 5) is 16.0. The Bertz CT molecular complexity index is 716. The molecule has 0 aliphatic carbocycles. The minimum Gasteiger partial charge on any atom is -0.495 e. The van der Waals surface area contributed by atoms with Gasteiger partial charge in [0.25, 0.3) is 0 Å². The van der Waals surface area contributed by atoms with Gasteiger partial charge in [0.1, 0.15) is 5.75 Å². The molecule has 23 heavy (non-hydrogen) atoms. The first-order valence-electron chi connectivity index (χ1n) is 7.52. The Morgan fingerprint density at radius 1 is 1.48 bits per heavy atom. The number of carbonyl (C=O) groups is 1. The van der Waals surface area contributed by atoms with Crippen LogP contribution in [0.5, 0.6) is 5.75 Å². The van der Waals surface area contributed by atoms with E-state index in [4.69, 9.17) is 16.3 Å². The van der Waals surface area contributed by atoms with E-state index < -0.39 is 0 Å². The lowest BCUT2D eigenvalue weighted by molar-refractivity contribution is -0.117. The molecule has 0 radical (unpaired) electrons. The summed E-state index contributed by atoms with van der Waals surface area (Å²) >= 11 is 7.89. The van der Waals surface area contributed by atoms with E-state index in [0.717, 1.165) is 13.0 Å². The first kappa shape index (κ1) is 16.3. The number of benzene rings is 1. The van der Waals surface area contributed by atoms with Crippen molar-refractivity contribution in [3.05, 3.63) is 45.1 Å². The molecule has 0 spiro atoms. The number of thiophene rings is 1. The molecule has 1 aliphatic rings. The quantitative estimate of drug-likeness (QED) is 0.907. The molecule has 0 bridgehead atoms. The first-order valence-corrected chi connectivity index (χ1v) is 8.78. The van der Waals surface area contributed by atoms with Crippen LogP contribution in [0.2, 0.25) is 5.02 Å². The topological polar surface area (TPSA) is 41.6 Å². The van der Waals surface area contributed by atoms with Gasteiger partial charge >= 0.3 is 0 Å². The van der Waals surface area contributed by atoms with Gasteiger partial charge in [-0.1, -0.05) is 11.6 Å². The molecule has 0 saturated heterocycles. The van der Waals surface area contributed by atoms with E-state index in [0.29, 0.717) is 23.0 Å². The highest BCUT2D eigenvalue weighted by molar-refractivity contribution is 7.10. The minimum atomic E-state index is -0.0308. The number of hydrogen-bond donors (Lipinski definition) is 1. The number of carbonyl (C=O) groups excluding carboxylic acids is 1. The SMILES string of the molecule is COc1ccc(NC(=O)CN2CCc3sccc3[C@@H]2C)cc1Cl. The van der Waals surface area contributed by atoms with E-state index in [-0.39, 0.29) is 11.9 Å². The maximum Gasteiger partial charge on any atom is 0.238 e. The third-order valence-corrected chi connectivity index (χ3v) is 5.48. The molecule has 6 heteroatoms. The molecular weight excluding hydrogens is 332 g/mol. The normalized spacial score (nSPS) is 17.6. The van der Waals surface area contributed by atoms with Crippen LogP contribution in [0.4, 0.5) is 5.69 Å². The number of amides is 1. The van der Waals surface area contributed by atoms with Gasteiger partial charge in [-0.25, -0.2) is 0 Å². The second-order valence-electron chi connectivity index (χ2n) is 5.59. The van der Waals surface area contributed by atoms with Crippen LogP contribution >= 0.6 is 22.9 Å². The molecule has 2 heterocycles. The minimum absolute atomic E-state index is 0.0308. The lowest BCUT2D eigenvalue weighted by Gasteiger charge is -2.32. The molecule has 0 saturated carbocycles. The van der Waals surface area contributed by atoms with Crippen molar-refractivity contribution in [2.24, 2.45) is 0 Å². The Labute approximate surface area is 145 Å². The van der Waals surface area contributed by atoms with Crippen LogP contribution in [0, 0.1) is 0 Å². The number of hydrogen-bond acceptors (Lipinski definition) is 4. The molecule has 1 aliphatic heterocycles. The number of halogens is 1. The number of ether oxygens (including phenoxy) is 1. The molecule has 0 unspecified atom stereocenters. The molecule has 0 fully saturated rings. The van der Waals surface area contributed by atoms with Gasteiger partial charge in [0, 0.05) is 23.2 Å². The lowest BCUT2D eigenvalue weighted by atomic mass is 10.0. The third kappa shape index (κ3) is 3.52. The molecule has 1 amide bonds. The zero-order valence-electron chi connectivity index (χ0n) is 13.1. The number of nitrogens with zero attached hydrogens (tertiary/aromatic N) is 1. The maximum atomic E-state index is 12.3. The predicted octanol–water partition coefficient (Wildman–Crippen LogP) is 3.97. The van der Waals surface area contributed by atoms with Crippen molar-refractivity contribution in [1.29, 1.82) is 0 Å². The second-order valence-corrected chi connectivity index (χ2v) is 7.00. The number of methoxy groups -OCH3 is 1. The van der Waals surface area contributed by atoms with Crippen molar-refractivity contribution < 1.29 is 9.53 Å². The number of fused-ring (bicyclic) bond motifs is 1. The molecule has 4 nitrogen and oxygen atoms in total. The van der Waals surface area contributed by atoms with Gasteiger partial charge in [-0.15, -0.1) is 11.3 Å². The first-order chi connectivity index (χ1) is 11.1. The predicted molar refractivity (Wildman–Crippen MR) is 94.6 cm³/mol. The average molecular weight is 351 g/mol. The monoisotopic (exact) mass is 350 g/mol. The van der Waals surface area contributed by atoms with Gasteiger partial charge in [0.15, 0.2) is 0 Å². The van der Waals surface area contributed by atoms with E-state index in [9.17, 15) is 4.79 Å². The van der Waals surface area contributed by atoms with Crippen LogP contribution in [0.3, 0.4) is 0 Å². The molecule has 122 valence electrons. The fourth-order valence-electron chi connectivity index (χ4n) is 2.91. The number of rotatable bonds is 4. The van der Waals surface area contributed by atoms with E-state index in [1.165, 1.54) is 10.4 Å². The van der Waals surface area contributed by atoms with E-state index in [2.05, 4.69) is 28.6 Å². The molecule has 1 N–H and O–H groups in total. The third-order valence-electron chi connectivity index (χ3n) is 4.19. The van der Waals surface area contributed by atoms with Crippen LogP contribution in [0.1, 0.15) is 23.4 Å². The van der Waals surface area contributed by atoms with Crippen LogP contribution in [0.25, 0.3) is 0 Å². The average Bonchev–Trinajstić information content (AvgIpc) is 3.00. The van der Waals surface area contributed by atoms with Crippen molar-refractivity contribution >= 4 is 34.5 Å². The van der Waals surface area contributed by atoms with E-state index in [1.54, 1.807) is 36.6 Å².